The molecule has 1 fully saturated rings. The van der Waals surface area contributed by atoms with E-state index in [4.69, 9.17) is 4.74 Å². The van der Waals surface area contributed by atoms with E-state index in [9.17, 15) is 0 Å². The summed E-state index contributed by atoms with van der Waals surface area (Å²) < 4.78 is 7.76. The van der Waals surface area contributed by atoms with Gasteiger partial charge in [-0.1, -0.05) is 0 Å². The fraction of sp³-hybridized carbons (Fsp3) is 0.786. The molecule has 1 atom stereocenters. The van der Waals surface area contributed by atoms with Gasteiger partial charge in [0.2, 0.25) is 0 Å². The predicted octanol–water partition coefficient (Wildman–Crippen LogP) is 0.972. The molecule has 19 heavy (non-hydrogen) atoms. The Bertz CT molecular complexity index is 339. The molecule has 108 valence electrons. The van der Waals surface area contributed by atoms with E-state index >= 15 is 0 Å². The highest BCUT2D eigenvalue weighted by Crippen LogP contribution is 2.07. The topological polar surface area (TPSA) is 42.3 Å². The molecule has 0 amide bonds. The molecule has 0 saturated carbocycles. The monoisotopic (exact) mass is 266 g/mol. The molecule has 1 unspecified atom stereocenters. The van der Waals surface area contributed by atoms with Gasteiger partial charge >= 0.3 is 0 Å². The van der Waals surface area contributed by atoms with Gasteiger partial charge < -0.3 is 10.1 Å². The second-order valence-corrected chi connectivity index (χ2v) is 5.41. The second kappa shape index (κ2) is 7.62. The van der Waals surface area contributed by atoms with Crippen LogP contribution in [-0.2, 0) is 11.3 Å². The van der Waals surface area contributed by atoms with Gasteiger partial charge in [0.15, 0.2) is 0 Å². The number of hydrogen-bond donors (Lipinski definition) is 1. The number of ether oxygens (including phenoxy) is 1. The van der Waals surface area contributed by atoms with Gasteiger partial charge in [0.1, 0.15) is 0 Å². The Morgan fingerprint density at radius 3 is 3.11 bits per heavy atom. The molecule has 0 bridgehead atoms. The lowest BCUT2D eigenvalue weighted by Crippen LogP contribution is -2.49. The molecule has 2 heterocycles. The number of aryl methyl sites for hydroxylation is 1. The number of nitrogens with one attached hydrogen (secondary N) is 1. The van der Waals surface area contributed by atoms with E-state index in [-0.39, 0.29) is 0 Å². The van der Waals surface area contributed by atoms with Crippen LogP contribution in [0.4, 0.5) is 0 Å². The van der Waals surface area contributed by atoms with E-state index in [2.05, 4.69) is 29.2 Å². The third-order valence-electron chi connectivity index (χ3n) is 3.57. The molecule has 2 rings (SSSR count). The molecule has 0 spiro atoms. The zero-order valence-corrected chi connectivity index (χ0v) is 12.1. The Hall–Kier alpha value is -0.910. The van der Waals surface area contributed by atoms with E-state index < -0.39 is 0 Å². The summed E-state index contributed by atoms with van der Waals surface area (Å²) in [5.41, 5.74) is 0. The Morgan fingerprint density at radius 1 is 1.47 bits per heavy atom. The van der Waals surface area contributed by atoms with Crippen LogP contribution < -0.4 is 5.32 Å². The van der Waals surface area contributed by atoms with Crippen LogP contribution in [0.5, 0.6) is 0 Å². The van der Waals surface area contributed by atoms with Crippen molar-refractivity contribution in [2.75, 3.05) is 32.8 Å². The van der Waals surface area contributed by atoms with Crippen molar-refractivity contribution in [3.05, 3.63) is 18.5 Å². The molecule has 0 aromatic carbocycles. The summed E-state index contributed by atoms with van der Waals surface area (Å²) in [7, 11) is 0. The number of nitrogens with zero attached hydrogens (tertiary/aromatic N) is 3. The maximum Gasteiger partial charge on any atom is 0.0826 e. The summed E-state index contributed by atoms with van der Waals surface area (Å²) in [6, 6.07) is 2.58. The molecule has 0 radical (unpaired) electrons. The van der Waals surface area contributed by atoms with Crippen LogP contribution in [0.15, 0.2) is 18.5 Å². The van der Waals surface area contributed by atoms with Crippen LogP contribution in [0, 0.1) is 0 Å². The molecule has 1 aromatic rings. The van der Waals surface area contributed by atoms with Gasteiger partial charge in [0.05, 0.1) is 12.7 Å². The Balaban J connectivity index is 1.55. The molecule has 1 aliphatic heterocycles. The molecular formula is C14H26N4O. The van der Waals surface area contributed by atoms with Gasteiger partial charge in [-0.2, -0.15) is 5.10 Å². The predicted molar refractivity (Wildman–Crippen MR) is 76.2 cm³/mol. The van der Waals surface area contributed by atoms with Crippen molar-refractivity contribution in [3.63, 3.8) is 0 Å². The number of hydrogen-bond acceptors (Lipinski definition) is 4. The van der Waals surface area contributed by atoms with Crippen LogP contribution in [0.1, 0.15) is 20.3 Å². The molecule has 1 saturated heterocycles. The molecular weight excluding hydrogens is 240 g/mol. The molecule has 1 aliphatic rings. The van der Waals surface area contributed by atoms with E-state index in [1.54, 1.807) is 0 Å². The average molecular weight is 266 g/mol. The first-order valence-corrected chi connectivity index (χ1v) is 7.29. The van der Waals surface area contributed by atoms with Gasteiger partial charge in [-0.15, -0.1) is 0 Å². The Kier molecular flexibility index (Phi) is 5.82. The maximum absolute atomic E-state index is 5.79. The minimum Gasteiger partial charge on any atom is -0.374 e. The normalized spacial score (nSPS) is 21.1. The highest BCUT2D eigenvalue weighted by atomic mass is 16.5. The van der Waals surface area contributed by atoms with Gasteiger partial charge in [-0.05, 0) is 32.9 Å². The fourth-order valence-corrected chi connectivity index (χ4v) is 2.40. The summed E-state index contributed by atoms with van der Waals surface area (Å²) >= 11 is 0. The number of aromatic nitrogens is 2. The average Bonchev–Trinajstić information content (AvgIpc) is 2.92. The molecule has 1 aromatic heterocycles. The van der Waals surface area contributed by atoms with Crippen molar-refractivity contribution in [3.8, 4) is 0 Å². The summed E-state index contributed by atoms with van der Waals surface area (Å²) in [6.07, 6.45) is 5.26. The summed E-state index contributed by atoms with van der Waals surface area (Å²) in [5, 5.41) is 7.67. The third-order valence-corrected chi connectivity index (χ3v) is 3.57. The molecule has 5 nitrogen and oxygen atoms in total. The van der Waals surface area contributed by atoms with Crippen LogP contribution >= 0.6 is 0 Å². The minimum absolute atomic E-state index is 0.334. The lowest BCUT2D eigenvalue weighted by atomic mass is 10.2. The first-order valence-electron chi connectivity index (χ1n) is 7.29. The number of morpholine rings is 1. The zero-order valence-electron chi connectivity index (χ0n) is 12.1. The summed E-state index contributed by atoms with van der Waals surface area (Å²) in [6.45, 7) is 10.4. The van der Waals surface area contributed by atoms with Crippen LogP contribution in [0.3, 0.4) is 0 Å². The van der Waals surface area contributed by atoms with Crippen molar-refractivity contribution in [1.29, 1.82) is 0 Å². The van der Waals surface area contributed by atoms with E-state index in [0.29, 0.717) is 12.1 Å². The van der Waals surface area contributed by atoms with E-state index in [1.807, 2.05) is 23.1 Å². The number of rotatable bonds is 7. The van der Waals surface area contributed by atoms with E-state index in [0.717, 1.165) is 45.8 Å². The summed E-state index contributed by atoms with van der Waals surface area (Å²) in [4.78, 5) is 2.49. The van der Waals surface area contributed by atoms with Crippen molar-refractivity contribution in [1.82, 2.24) is 20.0 Å². The minimum atomic E-state index is 0.334. The van der Waals surface area contributed by atoms with Crippen molar-refractivity contribution >= 4 is 0 Å². The van der Waals surface area contributed by atoms with Gasteiger partial charge in [0.25, 0.3) is 0 Å². The van der Waals surface area contributed by atoms with Crippen LogP contribution in [0.25, 0.3) is 0 Å². The van der Waals surface area contributed by atoms with Gasteiger partial charge in [0, 0.05) is 44.6 Å². The van der Waals surface area contributed by atoms with E-state index in [1.165, 1.54) is 0 Å². The lowest BCUT2D eigenvalue weighted by molar-refractivity contribution is -0.0370. The summed E-state index contributed by atoms with van der Waals surface area (Å²) in [5.74, 6) is 0. The zero-order chi connectivity index (χ0) is 13.5. The Labute approximate surface area is 115 Å². The Morgan fingerprint density at radius 2 is 2.37 bits per heavy atom. The largest absolute Gasteiger partial charge is 0.374 e. The van der Waals surface area contributed by atoms with Crippen LogP contribution in [0.2, 0.25) is 0 Å². The van der Waals surface area contributed by atoms with Crippen LogP contribution in [-0.4, -0.2) is 59.6 Å². The first-order chi connectivity index (χ1) is 9.25. The SMILES string of the molecule is CC(C)N1CCOC(CNCCCn2cccn2)C1. The first kappa shape index (κ1) is 14.5. The lowest BCUT2D eigenvalue weighted by Gasteiger charge is -2.35. The van der Waals surface area contributed by atoms with Gasteiger partial charge in [-0.25, -0.2) is 0 Å². The fourth-order valence-electron chi connectivity index (χ4n) is 2.40. The highest BCUT2D eigenvalue weighted by molar-refractivity contribution is 4.78. The quantitative estimate of drug-likeness (QED) is 0.747. The highest BCUT2D eigenvalue weighted by Gasteiger charge is 2.21. The van der Waals surface area contributed by atoms with Gasteiger partial charge in [-0.3, -0.25) is 9.58 Å². The smallest absolute Gasteiger partial charge is 0.0826 e. The standard InChI is InChI=1S/C14H26N4O/c1-13(2)17-9-10-19-14(12-17)11-15-5-3-7-18-8-4-6-16-18/h4,6,8,13-15H,3,5,7,9-12H2,1-2H3. The van der Waals surface area contributed by atoms with Crippen molar-refractivity contribution < 1.29 is 4.74 Å². The van der Waals surface area contributed by atoms with Crippen molar-refractivity contribution in [2.24, 2.45) is 0 Å². The molecule has 1 N–H and O–H groups in total. The molecule has 5 heteroatoms. The van der Waals surface area contributed by atoms with Crippen molar-refractivity contribution in [2.45, 2.75) is 39.0 Å². The maximum atomic E-state index is 5.79. The molecule has 0 aliphatic carbocycles. The third kappa shape index (κ3) is 4.93. The second-order valence-electron chi connectivity index (χ2n) is 5.41.